The maximum Gasteiger partial charge on any atom is 0.0746 e. The molecule has 1 aromatic rings. The number of ether oxygens (including phenoxy) is 1. The van der Waals surface area contributed by atoms with E-state index < -0.39 is 0 Å². The van der Waals surface area contributed by atoms with E-state index in [1.807, 2.05) is 0 Å². The van der Waals surface area contributed by atoms with Crippen molar-refractivity contribution in [3.8, 4) is 0 Å². The summed E-state index contributed by atoms with van der Waals surface area (Å²) >= 11 is 0. The molecule has 0 aromatic heterocycles. The van der Waals surface area contributed by atoms with Crippen LogP contribution in [0, 0.1) is 13.8 Å². The summed E-state index contributed by atoms with van der Waals surface area (Å²) in [7, 11) is 1.75. The molecule has 1 aromatic carbocycles. The van der Waals surface area contributed by atoms with Crippen molar-refractivity contribution in [2.75, 3.05) is 13.7 Å². The minimum atomic E-state index is -0.118. The van der Waals surface area contributed by atoms with Crippen molar-refractivity contribution >= 4 is 0 Å². The van der Waals surface area contributed by atoms with Crippen molar-refractivity contribution in [1.29, 1.82) is 0 Å². The molecule has 0 fully saturated rings. The first-order valence-electron chi connectivity index (χ1n) is 6.21. The average Bonchev–Trinajstić information content (AvgIpc) is 2.24. The number of nitrogens with one attached hydrogen (secondary N) is 1. The summed E-state index contributed by atoms with van der Waals surface area (Å²) < 4.78 is 5.41. The molecule has 2 heteroatoms. The lowest BCUT2D eigenvalue weighted by molar-refractivity contribution is 0.0214. The Balaban J connectivity index is 2.67. The summed E-state index contributed by atoms with van der Waals surface area (Å²) in [5.41, 5.74) is 3.86. The molecule has 0 radical (unpaired) electrons. The number of hydrogen-bond donors (Lipinski definition) is 1. The van der Waals surface area contributed by atoms with Gasteiger partial charge in [0.1, 0.15) is 0 Å². The molecule has 0 bridgehead atoms. The first-order chi connectivity index (χ1) is 7.84. The van der Waals surface area contributed by atoms with Gasteiger partial charge < -0.3 is 10.1 Å². The van der Waals surface area contributed by atoms with Gasteiger partial charge in [0.25, 0.3) is 0 Å². The lowest BCUT2D eigenvalue weighted by Crippen LogP contribution is -2.37. The van der Waals surface area contributed by atoms with E-state index in [0.717, 1.165) is 6.54 Å². The second kappa shape index (κ2) is 5.65. The van der Waals surface area contributed by atoms with Gasteiger partial charge in [-0.3, -0.25) is 0 Å². The van der Waals surface area contributed by atoms with Gasteiger partial charge in [0.15, 0.2) is 0 Å². The first-order valence-corrected chi connectivity index (χ1v) is 6.21. The molecule has 1 unspecified atom stereocenters. The van der Waals surface area contributed by atoms with Crippen LogP contribution in [-0.4, -0.2) is 19.3 Å². The Hall–Kier alpha value is -0.860. The van der Waals surface area contributed by atoms with Crippen LogP contribution in [0.2, 0.25) is 0 Å². The normalized spacial score (nSPS) is 13.8. The number of rotatable bonds is 5. The molecule has 1 atom stereocenters. The average molecular weight is 235 g/mol. The van der Waals surface area contributed by atoms with Crippen LogP contribution in [0.4, 0.5) is 0 Å². The van der Waals surface area contributed by atoms with Crippen LogP contribution >= 0.6 is 0 Å². The maximum atomic E-state index is 5.41. The van der Waals surface area contributed by atoms with E-state index in [9.17, 15) is 0 Å². The zero-order valence-corrected chi connectivity index (χ0v) is 11.9. The molecule has 0 saturated heterocycles. The lowest BCUT2D eigenvalue weighted by atomic mass is 10.0. The van der Waals surface area contributed by atoms with Crippen LogP contribution in [0.25, 0.3) is 0 Å². The Bertz CT molecular complexity index is 351. The molecule has 0 aliphatic carbocycles. The smallest absolute Gasteiger partial charge is 0.0746 e. The number of benzene rings is 1. The van der Waals surface area contributed by atoms with Gasteiger partial charge in [-0.1, -0.05) is 29.3 Å². The lowest BCUT2D eigenvalue weighted by Gasteiger charge is -2.26. The van der Waals surface area contributed by atoms with E-state index in [2.05, 4.69) is 58.1 Å². The van der Waals surface area contributed by atoms with Crippen LogP contribution in [0.5, 0.6) is 0 Å². The third-order valence-corrected chi connectivity index (χ3v) is 3.13. The molecule has 1 rings (SSSR count). The van der Waals surface area contributed by atoms with E-state index >= 15 is 0 Å². The van der Waals surface area contributed by atoms with Crippen molar-refractivity contribution < 1.29 is 4.74 Å². The Kier molecular flexibility index (Phi) is 4.72. The number of methoxy groups -OCH3 is 1. The standard InChI is InChI=1S/C15H25NO/c1-11-7-12(2)9-14(8-11)13(3)16-10-15(4,5)17-6/h7-9,13,16H,10H2,1-6H3. The summed E-state index contributed by atoms with van der Waals surface area (Å²) in [5, 5.41) is 3.52. The Labute approximate surface area is 105 Å². The molecular formula is C15H25NO. The largest absolute Gasteiger partial charge is 0.377 e. The minimum absolute atomic E-state index is 0.118. The molecule has 0 aliphatic heterocycles. The van der Waals surface area contributed by atoms with Crippen LogP contribution in [0.15, 0.2) is 18.2 Å². The van der Waals surface area contributed by atoms with E-state index in [4.69, 9.17) is 4.74 Å². The van der Waals surface area contributed by atoms with Crippen LogP contribution < -0.4 is 5.32 Å². The van der Waals surface area contributed by atoms with Gasteiger partial charge in [-0.15, -0.1) is 0 Å². The van der Waals surface area contributed by atoms with Gasteiger partial charge >= 0.3 is 0 Å². The molecular weight excluding hydrogens is 210 g/mol. The summed E-state index contributed by atoms with van der Waals surface area (Å²) in [5.74, 6) is 0. The zero-order valence-electron chi connectivity index (χ0n) is 11.9. The third kappa shape index (κ3) is 4.49. The second-order valence-corrected chi connectivity index (χ2v) is 5.49. The molecule has 0 aliphatic rings. The van der Waals surface area contributed by atoms with Gasteiger partial charge in [-0.2, -0.15) is 0 Å². The second-order valence-electron chi connectivity index (χ2n) is 5.49. The van der Waals surface area contributed by atoms with Crippen molar-refractivity contribution in [3.05, 3.63) is 34.9 Å². The summed E-state index contributed by atoms with van der Waals surface area (Å²) in [4.78, 5) is 0. The Morgan fingerprint density at radius 1 is 1.18 bits per heavy atom. The SMILES string of the molecule is COC(C)(C)CNC(C)c1cc(C)cc(C)c1. The van der Waals surface area contributed by atoms with Crippen LogP contribution in [-0.2, 0) is 4.74 Å². The molecule has 0 heterocycles. The molecule has 1 N–H and O–H groups in total. The van der Waals surface area contributed by atoms with E-state index in [1.54, 1.807) is 7.11 Å². The van der Waals surface area contributed by atoms with Crippen molar-refractivity contribution in [3.63, 3.8) is 0 Å². The predicted octanol–water partition coefficient (Wildman–Crippen LogP) is 3.38. The summed E-state index contributed by atoms with van der Waals surface area (Å²) in [6.07, 6.45) is 0. The van der Waals surface area contributed by atoms with Gasteiger partial charge in [-0.25, -0.2) is 0 Å². The molecule has 2 nitrogen and oxygen atoms in total. The Morgan fingerprint density at radius 2 is 1.71 bits per heavy atom. The monoisotopic (exact) mass is 235 g/mol. The van der Waals surface area contributed by atoms with Gasteiger partial charge in [0.2, 0.25) is 0 Å². The highest BCUT2D eigenvalue weighted by Gasteiger charge is 2.17. The number of hydrogen-bond acceptors (Lipinski definition) is 2. The van der Waals surface area contributed by atoms with E-state index in [-0.39, 0.29) is 5.60 Å². The van der Waals surface area contributed by atoms with Gasteiger partial charge in [-0.05, 0) is 40.2 Å². The maximum absolute atomic E-state index is 5.41. The van der Waals surface area contributed by atoms with Crippen LogP contribution in [0.1, 0.15) is 43.5 Å². The van der Waals surface area contributed by atoms with Gasteiger partial charge in [0.05, 0.1) is 5.60 Å². The van der Waals surface area contributed by atoms with Gasteiger partial charge in [0, 0.05) is 19.7 Å². The fourth-order valence-corrected chi connectivity index (χ4v) is 1.85. The molecule has 0 amide bonds. The fourth-order valence-electron chi connectivity index (χ4n) is 1.85. The predicted molar refractivity (Wildman–Crippen MR) is 73.4 cm³/mol. The molecule has 0 spiro atoms. The summed E-state index contributed by atoms with van der Waals surface area (Å²) in [6.45, 7) is 11.5. The van der Waals surface area contributed by atoms with Crippen molar-refractivity contribution in [1.82, 2.24) is 5.32 Å². The molecule has 96 valence electrons. The highest BCUT2D eigenvalue weighted by atomic mass is 16.5. The topological polar surface area (TPSA) is 21.3 Å². The first kappa shape index (κ1) is 14.2. The third-order valence-electron chi connectivity index (χ3n) is 3.13. The fraction of sp³-hybridized carbons (Fsp3) is 0.600. The quantitative estimate of drug-likeness (QED) is 0.844. The van der Waals surface area contributed by atoms with E-state index in [0.29, 0.717) is 6.04 Å². The molecule has 0 saturated carbocycles. The van der Waals surface area contributed by atoms with E-state index in [1.165, 1.54) is 16.7 Å². The van der Waals surface area contributed by atoms with Crippen molar-refractivity contribution in [2.24, 2.45) is 0 Å². The van der Waals surface area contributed by atoms with Crippen LogP contribution in [0.3, 0.4) is 0 Å². The minimum Gasteiger partial charge on any atom is -0.377 e. The molecule has 17 heavy (non-hydrogen) atoms. The highest BCUT2D eigenvalue weighted by Crippen LogP contribution is 2.17. The highest BCUT2D eigenvalue weighted by molar-refractivity contribution is 5.30. The zero-order chi connectivity index (χ0) is 13.1. The summed E-state index contributed by atoms with van der Waals surface area (Å²) in [6, 6.07) is 7.03. The Morgan fingerprint density at radius 3 is 2.18 bits per heavy atom. The number of aryl methyl sites for hydroxylation is 2. The van der Waals surface area contributed by atoms with Crippen molar-refractivity contribution in [2.45, 2.75) is 46.3 Å².